The second-order valence-electron chi connectivity index (χ2n) is 6.23. The molecule has 2 rings (SSSR count). The summed E-state index contributed by atoms with van der Waals surface area (Å²) in [6.45, 7) is 5.37. The second kappa shape index (κ2) is 6.53. The molecule has 19 heavy (non-hydrogen) atoms. The lowest BCUT2D eigenvalue weighted by Gasteiger charge is -2.35. The van der Waals surface area contributed by atoms with Gasteiger partial charge < -0.3 is 5.11 Å². The molecular formula is C17H27NO. The molecule has 1 aliphatic rings. The topological polar surface area (TPSA) is 23.5 Å². The maximum absolute atomic E-state index is 10.1. The molecule has 0 heterocycles. The molecule has 0 radical (unpaired) electrons. The first-order valence-electron chi connectivity index (χ1n) is 7.55. The van der Waals surface area contributed by atoms with Crippen molar-refractivity contribution in [1.82, 2.24) is 4.90 Å². The third-order valence-corrected chi connectivity index (χ3v) is 4.34. The van der Waals surface area contributed by atoms with E-state index >= 15 is 0 Å². The predicted octanol–water partition coefficient (Wildman–Crippen LogP) is 3.55. The number of aliphatic hydroxyl groups excluding tert-OH is 1. The highest BCUT2D eigenvalue weighted by Gasteiger charge is 2.26. The number of hydrogen-bond donors (Lipinski definition) is 1. The van der Waals surface area contributed by atoms with Crippen LogP contribution < -0.4 is 0 Å². The summed E-state index contributed by atoms with van der Waals surface area (Å²) < 4.78 is 0. The maximum Gasteiger partial charge on any atom is 0.0695 e. The lowest BCUT2D eigenvalue weighted by molar-refractivity contribution is 0.0288. The molecule has 0 amide bonds. The molecule has 2 heteroatoms. The van der Waals surface area contributed by atoms with Crippen LogP contribution in [0, 0.1) is 0 Å². The largest absolute Gasteiger partial charge is 0.391 e. The highest BCUT2D eigenvalue weighted by Crippen LogP contribution is 2.24. The van der Waals surface area contributed by atoms with Crippen molar-refractivity contribution in [3.8, 4) is 0 Å². The van der Waals surface area contributed by atoms with Gasteiger partial charge >= 0.3 is 0 Å². The van der Waals surface area contributed by atoms with Crippen LogP contribution in [0.2, 0.25) is 0 Å². The molecule has 1 fully saturated rings. The molecule has 0 aliphatic heterocycles. The van der Waals surface area contributed by atoms with Crippen LogP contribution in [-0.4, -0.2) is 29.2 Å². The number of benzene rings is 1. The first-order chi connectivity index (χ1) is 9.08. The predicted molar refractivity (Wildman–Crippen MR) is 80.3 cm³/mol. The third-order valence-electron chi connectivity index (χ3n) is 4.34. The quantitative estimate of drug-likeness (QED) is 0.896. The average molecular weight is 261 g/mol. The first kappa shape index (κ1) is 14.5. The number of hydrogen-bond acceptors (Lipinski definition) is 2. The van der Waals surface area contributed by atoms with Gasteiger partial charge in [-0.1, -0.05) is 51.0 Å². The fourth-order valence-electron chi connectivity index (χ4n) is 3.02. The van der Waals surface area contributed by atoms with Gasteiger partial charge in [-0.05, 0) is 36.9 Å². The minimum Gasteiger partial charge on any atom is -0.391 e. The van der Waals surface area contributed by atoms with Crippen molar-refractivity contribution in [2.75, 3.05) is 7.05 Å². The van der Waals surface area contributed by atoms with Gasteiger partial charge in [0.25, 0.3) is 0 Å². The molecule has 0 bridgehead atoms. The summed E-state index contributed by atoms with van der Waals surface area (Å²) in [5.41, 5.74) is 2.73. The van der Waals surface area contributed by atoms with Crippen LogP contribution in [0.5, 0.6) is 0 Å². The summed E-state index contributed by atoms with van der Waals surface area (Å²) >= 11 is 0. The first-order valence-corrected chi connectivity index (χ1v) is 7.55. The molecule has 2 nitrogen and oxygen atoms in total. The summed E-state index contributed by atoms with van der Waals surface area (Å²) in [7, 11) is 2.13. The van der Waals surface area contributed by atoms with Crippen molar-refractivity contribution >= 4 is 0 Å². The van der Waals surface area contributed by atoms with Gasteiger partial charge in [0, 0.05) is 12.6 Å². The molecule has 2 atom stereocenters. The summed E-state index contributed by atoms with van der Waals surface area (Å²) in [4.78, 5) is 2.31. The van der Waals surface area contributed by atoms with Crippen LogP contribution in [0.3, 0.4) is 0 Å². The molecule has 1 aromatic rings. The van der Waals surface area contributed by atoms with E-state index in [4.69, 9.17) is 0 Å². The van der Waals surface area contributed by atoms with Crippen LogP contribution in [0.15, 0.2) is 24.3 Å². The van der Waals surface area contributed by atoms with Crippen LogP contribution in [0.1, 0.15) is 56.6 Å². The van der Waals surface area contributed by atoms with E-state index in [1.807, 2.05) is 0 Å². The lowest BCUT2D eigenvalue weighted by Crippen LogP contribution is -2.42. The molecule has 1 aliphatic carbocycles. The highest BCUT2D eigenvalue weighted by atomic mass is 16.3. The standard InChI is InChI=1S/C17H27NO/c1-13(2)15-10-8-14(9-11-15)12-18(3)16-6-4-5-7-17(16)19/h8-11,13,16-17,19H,4-7,12H2,1-3H3. The number of aliphatic hydroxyl groups is 1. The summed E-state index contributed by atoms with van der Waals surface area (Å²) in [5, 5.41) is 10.1. The van der Waals surface area contributed by atoms with Gasteiger partial charge in [0.05, 0.1) is 6.10 Å². The van der Waals surface area contributed by atoms with E-state index in [0.29, 0.717) is 12.0 Å². The van der Waals surface area contributed by atoms with Gasteiger partial charge in [-0.15, -0.1) is 0 Å². The Kier molecular flexibility index (Phi) is 5.00. The second-order valence-corrected chi connectivity index (χ2v) is 6.23. The van der Waals surface area contributed by atoms with Crippen LogP contribution in [0.4, 0.5) is 0 Å². The van der Waals surface area contributed by atoms with E-state index in [9.17, 15) is 5.11 Å². The van der Waals surface area contributed by atoms with Gasteiger partial charge in [-0.2, -0.15) is 0 Å². The molecule has 0 saturated heterocycles. The normalized spacial score (nSPS) is 24.1. The Morgan fingerprint density at radius 3 is 2.37 bits per heavy atom. The van der Waals surface area contributed by atoms with E-state index in [1.54, 1.807) is 0 Å². The summed E-state index contributed by atoms with van der Waals surface area (Å²) in [6, 6.07) is 9.23. The lowest BCUT2D eigenvalue weighted by atomic mass is 9.91. The SMILES string of the molecule is CC(C)c1ccc(CN(C)C2CCCCC2O)cc1. The average Bonchev–Trinajstić information content (AvgIpc) is 2.39. The Labute approximate surface area is 117 Å². The molecule has 106 valence electrons. The van der Waals surface area contributed by atoms with Crippen molar-refractivity contribution < 1.29 is 5.11 Å². The molecule has 1 N–H and O–H groups in total. The van der Waals surface area contributed by atoms with Crippen LogP contribution >= 0.6 is 0 Å². The highest BCUT2D eigenvalue weighted by molar-refractivity contribution is 5.24. The van der Waals surface area contributed by atoms with Crippen molar-refractivity contribution in [3.63, 3.8) is 0 Å². The van der Waals surface area contributed by atoms with Crippen LogP contribution in [-0.2, 0) is 6.54 Å². The molecule has 0 aromatic heterocycles. The van der Waals surface area contributed by atoms with Crippen molar-refractivity contribution in [2.24, 2.45) is 0 Å². The number of rotatable bonds is 4. The van der Waals surface area contributed by atoms with Gasteiger partial charge in [-0.3, -0.25) is 4.90 Å². The third kappa shape index (κ3) is 3.80. The molecule has 1 saturated carbocycles. The van der Waals surface area contributed by atoms with Crippen LogP contribution in [0.25, 0.3) is 0 Å². The number of nitrogens with zero attached hydrogens (tertiary/aromatic N) is 1. The minimum absolute atomic E-state index is 0.145. The summed E-state index contributed by atoms with van der Waals surface area (Å²) in [5.74, 6) is 0.590. The Balaban J connectivity index is 1.96. The fourth-order valence-corrected chi connectivity index (χ4v) is 3.02. The minimum atomic E-state index is -0.145. The maximum atomic E-state index is 10.1. The van der Waals surface area contributed by atoms with Crippen molar-refractivity contribution in [2.45, 2.75) is 64.1 Å². The van der Waals surface area contributed by atoms with Gasteiger partial charge in [0.2, 0.25) is 0 Å². The Bertz CT molecular complexity index is 385. The van der Waals surface area contributed by atoms with Gasteiger partial charge in [0.15, 0.2) is 0 Å². The van der Waals surface area contributed by atoms with Crippen molar-refractivity contribution in [3.05, 3.63) is 35.4 Å². The molecular weight excluding hydrogens is 234 g/mol. The van der Waals surface area contributed by atoms with E-state index in [-0.39, 0.29) is 6.10 Å². The van der Waals surface area contributed by atoms with E-state index in [1.165, 1.54) is 24.0 Å². The van der Waals surface area contributed by atoms with Crippen molar-refractivity contribution in [1.29, 1.82) is 0 Å². The Morgan fingerprint density at radius 1 is 1.16 bits per heavy atom. The zero-order valence-electron chi connectivity index (χ0n) is 12.5. The van der Waals surface area contributed by atoms with E-state index in [2.05, 4.69) is 50.1 Å². The summed E-state index contributed by atoms with van der Waals surface area (Å²) in [6.07, 6.45) is 4.37. The number of likely N-dealkylation sites (N-methyl/N-ethyl adjacent to an activating group) is 1. The van der Waals surface area contributed by atoms with E-state index in [0.717, 1.165) is 19.4 Å². The monoisotopic (exact) mass is 261 g/mol. The van der Waals surface area contributed by atoms with Gasteiger partial charge in [0.1, 0.15) is 0 Å². The zero-order chi connectivity index (χ0) is 13.8. The molecule has 1 aromatic carbocycles. The zero-order valence-corrected chi connectivity index (χ0v) is 12.5. The smallest absolute Gasteiger partial charge is 0.0695 e. The molecule has 2 unspecified atom stereocenters. The molecule has 0 spiro atoms. The Hall–Kier alpha value is -0.860. The fraction of sp³-hybridized carbons (Fsp3) is 0.647. The van der Waals surface area contributed by atoms with E-state index < -0.39 is 0 Å². The van der Waals surface area contributed by atoms with Gasteiger partial charge in [-0.25, -0.2) is 0 Å². The Morgan fingerprint density at radius 2 is 1.79 bits per heavy atom.